The number of carbonyl (C=O) groups is 5. The molecule has 182 valence electrons. The van der Waals surface area contributed by atoms with Crippen molar-refractivity contribution in [3.8, 4) is 0 Å². The molecule has 2 N–H and O–H groups in total. The standard InChI is InChI=1S/C24H30N4O6/c1-3-16-8-10-24(11-9-16)22(32)27(23(33)26-24)13-21(31)34-14-20(30)28-15(2)12-19(29)25-17-6-4-5-7-18(17)28/h4-7,15-16H,3,8-14H2,1-2H3,(H,25,29)(H,26,33). The SMILES string of the molecule is CCC1CCC2(CC1)NC(=O)N(CC(=O)OCC(=O)N1c3ccccc3NC(=O)CC1C)C2=O. The van der Waals surface area contributed by atoms with Crippen LogP contribution in [0.5, 0.6) is 0 Å². The normalized spacial score (nSPS) is 26.6. The van der Waals surface area contributed by atoms with Crippen LogP contribution in [0.3, 0.4) is 0 Å². The number of esters is 1. The van der Waals surface area contributed by atoms with E-state index in [-0.39, 0.29) is 12.3 Å². The predicted molar refractivity (Wildman–Crippen MR) is 123 cm³/mol. The summed E-state index contributed by atoms with van der Waals surface area (Å²) in [6.07, 6.45) is 3.94. The lowest BCUT2D eigenvalue weighted by molar-refractivity contribution is -0.150. The summed E-state index contributed by atoms with van der Waals surface area (Å²) >= 11 is 0. The maximum Gasteiger partial charge on any atom is 0.326 e. The van der Waals surface area contributed by atoms with Gasteiger partial charge in [0.25, 0.3) is 11.8 Å². The molecule has 2 fully saturated rings. The van der Waals surface area contributed by atoms with Crippen molar-refractivity contribution in [2.24, 2.45) is 5.92 Å². The first-order valence-electron chi connectivity index (χ1n) is 11.7. The third-order valence-electron chi connectivity index (χ3n) is 7.05. The largest absolute Gasteiger partial charge is 0.454 e. The van der Waals surface area contributed by atoms with E-state index in [9.17, 15) is 24.0 Å². The van der Waals surface area contributed by atoms with Crippen molar-refractivity contribution < 1.29 is 28.7 Å². The van der Waals surface area contributed by atoms with Crippen LogP contribution in [0.2, 0.25) is 0 Å². The summed E-state index contributed by atoms with van der Waals surface area (Å²) in [5.41, 5.74) is 0.0726. The molecule has 1 aromatic carbocycles. The molecule has 1 aliphatic carbocycles. The lowest BCUT2D eigenvalue weighted by Gasteiger charge is -2.34. The Hall–Kier alpha value is -3.43. The van der Waals surface area contributed by atoms with Crippen LogP contribution in [0.4, 0.5) is 16.2 Å². The van der Waals surface area contributed by atoms with Crippen LogP contribution < -0.4 is 15.5 Å². The highest BCUT2D eigenvalue weighted by Gasteiger charge is 2.52. The highest BCUT2D eigenvalue weighted by molar-refractivity contribution is 6.09. The number of urea groups is 1. The third kappa shape index (κ3) is 4.49. The average Bonchev–Trinajstić information content (AvgIpc) is 2.94. The Morgan fingerprint density at radius 2 is 1.85 bits per heavy atom. The van der Waals surface area contributed by atoms with E-state index in [0.29, 0.717) is 30.1 Å². The molecule has 0 radical (unpaired) electrons. The molecule has 1 spiro atoms. The number of hydrogen-bond donors (Lipinski definition) is 2. The van der Waals surface area contributed by atoms with Gasteiger partial charge in [0.15, 0.2) is 6.61 Å². The first-order valence-corrected chi connectivity index (χ1v) is 11.7. The summed E-state index contributed by atoms with van der Waals surface area (Å²) in [5.74, 6) is -1.43. The Morgan fingerprint density at radius 3 is 2.56 bits per heavy atom. The number of hydrogen-bond acceptors (Lipinski definition) is 6. The van der Waals surface area contributed by atoms with Gasteiger partial charge in [0.2, 0.25) is 5.91 Å². The summed E-state index contributed by atoms with van der Waals surface area (Å²) < 4.78 is 5.15. The molecular formula is C24H30N4O6. The Bertz CT molecular complexity index is 1020. The summed E-state index contributed by atoms with van der Waals surface area (Å²) in [5, 5.41) is 5.55. The summed E-state index contributed by atoms with van der Waals surface area (Å²) in [7, 11) is 0. The lowest BCUT2D eigenvalue weighted by atomic mass is 9.75. The lowest BCUT2D eigenvalue weighted by Crippen LogP contribution is -2.49. The van der Waals surface area contributed by atoms with Crippen molar-refractivity contribution >= 4 is 41.1 Å². The molecule has 10 heteroatoms. The fourth-order valence-corrected chi connectivity index (χ4v) is 5.09. The summed E-state index contributed by atoms with van der Waals surface area (Å²) in [6, 6.07) is 5.84. The predicted octanol–water partition coefficient (Wildman–Crippen LogP) is 2.18. The van der Waals surface area contributed by atoms with E-state index in [2.05, 4.69) is 17.6 Å². The highest BCUT2D eigenvalue weighted by atomic mass is 16.5. The summed E-state index contributed by atoms with van der Waals surface area (Å²) in [6.45, 7) is 2.73. The number of anilines is 2. The molecule has 0 bridgehead atoms. The smallest absolute Gasteiger partial charge is 0.326 e. The number of nitrogens with zero attached hydrogens (tertiary/aromatic N) is 2. The fraction of sp³-hybridized carbons (Fsp3) is 0.542. The van der Waals surface area contributed by atoms with Crippen LogP contribution in [-0.2, 0) is 23.9 Å². The van der Waals surface area contributed by atoms with Gasteiger partial charge >= 0.3 is 12.0 Å². The second kappa shape index (κ2) is 9.44. The van der Waals surface area contributed by atoms with E-state index in [4.69, 9.17) is 4.74 Å². The maximum absolute atomic E-state index is 13.0. The van der Waals surface area contributed by atoms with Gasteiger partial charge in [-0.15, -0.1) is 0 Å². The molecule has 1 aromatic rings. The molecule has 5 amide bonds. The average molecular weight is 471 g/mol. The van der Waals surface area contributed by atoms with Gasteiger partial charge in [-0.1, -0.05) is 25.5 Å². The van der Waals surface area contributed by atoms with Crippen LogP contribution in [0.25, 0.3) is 0 Å². The quantitative estimate of drug-likeness (QED) is 0.502. The zero-order valence-corrected chi connectivity index (χ0v) is 19.5. The Balaban J connectivity index is 1.37. The van der Waals surface area contributed by atoms with Gasteiger partial charge < -0.3 is 20.3 Å². The van der Waals surface area contributed by atoms with E-state index >= 15 is 0 Å². The maximum atomic E-state index is 13.0. The molecule has 1 saturated heterocycles. The fourth-order valence-electron chi connectivity index (χ4n) is 5.09. The van der Waals surface area contributed by atoms with E-state index < -0.39 is 48.5 Å². The minimum Gasteiger partial charge on any atom is -0.454 e. The molecule has 1 unspecified atom stereocenters. The molecule has 34 heavy (non-hydrogen) atoms. The van der Waals surface area contributed by atoms with Crippen LogP contribution >= 0.6 is 0 Å². The Kier molecular flexibility index (Phi) is 6.58. The van der Waals surface area contributed by atoms with Gasteiger partial charge in [-0.05, 0) is 50.7 Å². The van der Waals surface area contributed by atoms with Gasteiger partial charge in [0, 0.05) is 12.5 Å². The number of ether oxygens (including phenoxy) is 1. The molecule has 1 atom stereocenters. The van der Waals surface area contributed by atoms with Crippen LogP contribution in [0.15, 0.2) is 24.3 Å². The Morgan fingerprint density at radius 1 is 1.15 bits per heavy atom. The van der Waals surface area contributed by atoms with E-state index in [1.165, 1.54) is 4.90 Å². The Labute approximate surface area is 198 Å². The van der Waals surface area contributed by atoms with Crippen LogP contribution in [0, 0.1) is 5.92 Å². The monoisotopic (exact) mass is 470 g/mol. The molecule has 3 aliphatic rings. The van der Waals surface area contributed by atoms with Crippen LogP contribution in [-0.4, -0.2) is 59.4 Å². The molecule has 2 aliphatic heterocycles. The second-order valence-corrected chi connectivity index (χ2v) is 9.30. The molecule has 1 saturated carbocycles. The number of para-hydroxylation sites is 2. The molecular weight excluding hydrogens is 440 g/mol. The highest BCUT2D eigenvalue weighted by Crippen LogP contribution is 2.37. The minimum atomic E-state index is -0.941. The number of nitrogens with one attached hydrogen (secondary N) is 2. The van der Waals surface area contributed by atoms with Crippen molar-refractivity contribution in [1.29, 1.82) is 0 Å². The van der Waals surface area contributed by atoms with Gasteiger partial charge in [-0.25, -0.2) is 4.79 Å². The third-order valence-corrected chi connectivity index (χ3v) is 7.05. The topological polar surface area (TPSA) is 125 Å². The number of benzene rings is 1. The van der Waals surface area contributed by atoms with E-state index in [1.807, 2.05) is 0 Å². The molecule has 2 heterocycles. The number of fused-ring (bicyclic) bond motifs is 1. The van der Waals surface area contributed by atoms with Gasteiger partial charge in [0.1, 0.15) is 12.1 Å². The van der Waals surface area contributed by atoms with E-state index in [1.54, 1.807) is 31.2 Å². The molecule has 4 rings (SSSR count). The van der Waals surface area contributed by atoms with Crippen molar-refractivity contribution in [2.75, 3.05) is 23.4 Å². The van der Waals surface area contributed by atoms with E-state index in [0.717, 1.165) is 24.2 Å². The van der Waals surface area contributed by atoms with Crippen molar-refractivity contribution in [3.63, 3.8) is 0 Å². The number of amides is 5. The first-order chi connectivity index (χ1) is 16.2. The summed E-state index contributed by atoms with van der Waals surface area (Å²) in [4.78, 5) is 65.2. The van der Waals surface area contributed by atoms with Gasteiger partial charge in [-0.3, -0.25) is 24.1 Å². The number of imide groups is 1. The minimum absolute atomic E-state index is 0.0950. The zero-order valence-electron chi connectivity index (χ0n) is 19.5. The second-order valence-electron chi connectivity index (χ2n) is 9.30. The molecule has 0 aromatic heterocycles. The molecule has 10 nitrogen and oxygen atoms in total. The first kappa shape index (κ1) is 23.7. The van der Waals surface area contributed by atoms with Crippen LogP contribution in [0.1, 0.15) is 52.4 Å². The number of carbonyl (C=O) groups excluding carboxylic acids is 5. The zero-order chi connectivity index (χ0) is 24.5. The number of rotatable bonds is 5. The van der Waals surface area contributed by atoms with Crippen molar-refractivity contribution in [2.45, 2.75) is 64.0 Å². The van der Waals surface area contributed by atoms with Crippen molar-refractivity contribution in [1.82, 2.24) is 10.2 Å². The van der Waals surface area contributed by atoms with Gasteiger partial charge in [-0.2, -0.15) is 0 Å². The van der Waals surface area contributed by atoms with Gasteiger partial charge in [0.05, 0.1) is 11.4 Å². The van der Waals surface area contributed by atoms with Crippen molar-refractivity contribution in [3.05, 3.63) is 24.3 Å².